The lowest BCUT2D eigenvalue weighted by molar-refractivity contribution is -0.384. The van der Waals surface area contributed by atoms with Gasteiger partial charge in [0.25, 0.3) is 5.69 Å². The van der Waals surface area contributed by atoms with E-state index in [0.29, 0.717) is 11.5 Å². The summed E-state index contributed by atoms with van der Waals surface area (Å²) in [6, 6.07) is 12.2. The van der Waals surface area contributed by atoms with Crippen LogP contribution < -0.4 is 19.7 Å². The van der Waals surface area contributed by atoms with Gasteiger partial charge in [0.1, 0.15) is 0 Å². The minimum atomic E-state index is -0.544. The molecule has 0 unspecified atom stereocenters. The van der Waals surface area contributed by atoms with Crippen LogP contribution >= 0.6 is 0 Å². The topological polar surface area (TPSA) is 97.2 Å². The van der Waals surface area contributed by atoms with Gasteiger partial charge in [-0.3, -0.25) is 15.0 Å². The van der Waals surface area contributed by atoms with Crippen molar-refractivity contribution < 1.29 is 19.2 Å². The first-order valence-electron chi connectivity index (χ1n) is 9.28. The van der Waals surface area contributed by atoms with Gasteiger partial charge in [0, 0.05) is 57.6 Å². The Morgan fingerprint density at radius 1 is 1.10 bits per heavy atom. The Kier molecular flexibility index (Phi) is 6.50. The van der Waals surface area contributed by atoms with Gasteiger partial charge in [-0.05, 0) is 29.8 Å². The van der Waals surface area contributed by atoms with Crippen LogP contribution in [0.2, 0.25) is 0 Å². The van der Waals surface area contributed by atoms with Crippen LogP contribution in [0.3, 0.4) is 0 Å². The van der Waals surface area contributed by atoms with E-state index in [1.54, 1.807) is 18.2 Å². The zero-order valence-corrected chi connectivity index (χ0v) is 16.5. The van der Waals surface area contributed by atoms with Crippen molar-refractivity contribution in [3.8, 4) is 11.5 Å². The summed E-state index contributed by atoms with van der Waals surface area (Å²) in [5.74, 6) is 0.884. The fourth-order valence-electron chi connectivity index (χ4n) is 3.26. The van der Waals surface area contributed by atoms with Gasteiger partial charge in [0.2, 0.25) is 0 Å². The summed E-state index contributed by atoms with van der Waals surface area (Å²) in [6.07, 6.45) is -0.544. The number of amides is 1. The van der Waals surface area contributed by atoms with Gasteiger partial charge < -0.3 is 19.7 Å². The highest BCUT2D eigenvalue weighted by molar-refractivity contribution is 5.71. The molecule has 0 saturated carbocycles. The molecule has 0 atom stereocenters. The molecule has 1 fully saturated rings. The first-order valence-corrected chi connectivity index (χ1v) is 9.28. The molecule has 1 aliphatic rings. The number of anilines is 1. The quantitative estimate of drug-likeness (QED) is 0.588. The van der Waals surface area contributed by atoms with Crippen LogP contribution in [0.25, 0.3) is 0 Å². The molecule has 0 spiro atoms. The summed E-state index contributed by atoms with van der Waals surface area (Å²) in [6.45, 7) is 4.09. The molecule has 1 heterocycles. The van der Waals surface area contributed by atoms with Gasteiger partial charge in [-0.15, -0.1) is 0 Å². The molecule has 2 aromatic rings. The van der Waals surface area contributed by atoms with Crippen LogP contribution in [0.4, 0.5) is 16.2 Å². The van der Waals surface area contributed by atoms with Crippen molar-refractivity contribution in [3.63, 3.8) is 0 Å². The molecule has 0 aromatic heterocycles. The number of hydrogen-bond acceptors (Lipinski definition) is 7. The van der Waals surface area contributed by atoms with E-state index in [4.69, 9.17) is 9.47 Å². The number of methoxy groups -OCH3 is 1. The molecule has 3 rings (SSSR count). The number of nitro benzene ring substituents is 1. The molecule has 1 aliphatic heterocycles. The summed E-state index contributed by atoms with van der Waals surface area (Å²) in [4.78, 5) is 26.5. The lowest BCUT2D eigenvalue weighted by Crippen LogP contribution is -2.45. The van der Waals surface area contributed by atoms with Crippen LogP contribution in [0.5, 0.6) is 11.5 Å². The van der Waals surface area contributed by atoms with Crippen LogP contribution in [0.1, 0.15) is 5.56 Å². The summed E-state index contributed by atoms with van der Waals surface area (Å²) < 4.78 is 10.5. The molecule has 2 aromatic carbocycles. The Bertz CT molecular complexity index is 864. The van der Waals surface area contributed by atoms with Crippen LogP contribution in [0.15, 0.2) is 42.5 Å². The fourth-order valence-corrected chi connectivity index (χ4v) is 3.26. The maximum atomic E-state index is 11.5. The molecular weight excluding hydrogens is 376 g/mol. The average Bonchev–Trinajstić information content (AvgIpc) is 2.74. The number of non-ortho nitro benzene ring substituents is 1. The van der Waals surface area contributed by atoms with Gasteiger partial charge in [0.15, 0.2) is 11.5 Å². The second kappa shape index (κ2) is 9.24. The first kappa shape index (κ1) is 20.4. The highest BCUT2D eigenvalue weighted by Crippen LogP contribution is 2.29. The lowest BCUT2D eigenvalue weighted by atomic mass is 10.1. The Balaban J connectivity index is 1.59. The van der Waals surface area contributed by atoms with Crippen LogP contribution in [0, 0.1) is 10.1 Å². The monoisotopic (exact) mass is 400 g/mol. The van der Waals surface area contributed by atoms with Crippen molar-refractivity contribution in [2.45, 2.75) is 6.54 Å². The minimum Gasteiger partial charge on any atom is -0.493 e. The van der Waals surface area contributed by atoms with Crippen molar-refractivity contribution in [2.75, 3.05) is 45.2 Å². The van der Waals surface area contributed by atoms with Crippen molar-refractivity contribution in [1.29, 1.82) is 0 Å². The smallest absolute Gasteiger partial charge is 0.412 e. The van der Waals surface area contributed by atoms with Gasteiger partial charge in [-0.1, -0.05) is 6.07 Å². The normalized spacial score (nSPS) is 14.3. The Hall–Kier alpha value is -3.33. The van der Waals surface area contributed by atoms with Crippen molar-refractivity contribution in [3.05, 3.63) is 58.1 Å². The third-order valence-electron chi connectivity index (χ3n) is 4.84. The highest BCUT2D eigenvalue weighted by Gasteiger charge is 2.19. The molecule has 29 heavy (non-hydrogen) atoms. The lowest BCUT2D eigenvalue weighted by Gasteiger charge is -2.36. The molecule has 9 nitrogen and oxygen atoms in total. The summed E-state index contributed by atoms with van der Waals surface area (Å²) >= 11 is 0. The van der Waals surface area contributed by atoms with E-state index in [2.05, 4.69) is 15.1 Å². The maximum absolute atomic E-state index is 11.5. The highest BCUT2D eigenvalue weighted by atomic mass is 16.6. The number of carbonyl (C=O) groups is 1. The maximum Gasteiger partial charge on any atom is 0.412 e. The number of piperazine rings is 1. The van der Waals surface area contributed by atoms with Gasteiger partial charge in [0.05, 0.1) is 12.0 Å². The van der Waals surface area contributed by atoms with E-state index < -0.39 is 11.0 Å². The number of carbonyl (C=O) groups excluding carboxylic acids is 1. The molecule has 1 amide bonds. The number of nitrogens with one attached hydrogen (secondary N) is 1. The van der Waals surface area contributed by atoms with Crippen molar-refractivity contribution in [1.82, 2.24) is 10.2 Å². The molecule has 0 radical (unpaired) electrons. The molecule has 1 N–H and O–H groups in total. The zero-order chi connectivity index (χ0) is 20.8. The van der Waals surface area contributed by atoms with E-state index in [-0.39, 0.29) is 5.69 Å². The van der Waals surface area contributed by atoms with Gasteiger partial charge in [-0.2, -0.15) is 0 Å². The summed E-state index contributed by atoms with van der Waals surface area (Å²) in [5, 5.41) is 13.2. The molecular formula is C20H24N4O5. The number of hydrogen-bond donors (Lipinski definition) is 1. The van der Waals surface area contributed by atoms with E-state index in [1.807, 2.05) is 12.1 Å². The third-order valence-corrected chi connectivity index (χ3v) is 4.84. The van der Waals surface area contributed by atoms with Crippen LogP contribution in [-0.2, 0) is 6.54 Å². The zero-order valence-electron chi connectivity index (χ0n) is 16.5. The predicted molar refractivity (Wildman–Crippen MR) is 109 cm³/mol. The third kappa shape index (κ3) is 5.14. The molecule has 0 aliphatic carbocycles. The average molecular weight is 400 g/mol. The van der Waals surface area contributed by atoms with Crippen molar-refractivity contribution in [2.24, 2.45) is 0 Å². The summed E-state index contributed by atoms with van der Waals surface area (Å²) in [7, 11) is 3.03. The second-order valence-corrected chi connectivity index (χ2v) is 6.66. The Morgan fingerprint density at radius 2 is 1.79 bits per heavy atom. The van der Waals surface area contributed by atoms with Crippen molar-refractivity contribution >= 4 is 17.5 Å². The number of ether oxygens (including phenoxy) is 2. The summed E-state index contributed by atoms with van der Waals surface area (Å²) in [5.41, 5.74) is 2.11. The van der Waals surface area contributed by atoms with E-state index >= 15 is 0 Å². The van der Waals surface area contributed by atoms with Gasteiger partial charge >= 0.3 is 6.09 Å². The largest absolute Gasteiger partial charge is 0.493 e. The minimum absolute atomic E-state index is 0.0988. The predicted octanol–water partition coefficient (Wildman–Crippen LogP) is 2.64. The number of benzene rings is 2. The standard InChI is InChI=1S/C20H24N4O5/c1-21-20(25)29-19-13-15(3-8-18(19)28-2)14-22-9-11-23(12-10-22)16-4-6-17(7-5-16)24(26)27/h3-8,13H,9-12,14H2,1-2H3,(H,21,25). The fraction of sp³-hybridized carbons (Fsp3) is 0.350. The van der Waals surface area contributed by atoms with Crippen LogP contribution in [-0.4, -0.2) is 56.3 Å². The second-order valence-electron chi connectivity index (χ2n) is 6.66. The number of nitrogens with zero attached hydrogens (tertiary/aromatic N) is 3. The Labute approximate surface area is 169 Å². The van der Waals surface area contributed by atoms with E-state index in [0.717, 1.165) is 44.0 Å². The SMILES string of the molecule is CNC(=O)Oc1cc(CN2CCN(c3ccc([N+](=O)[O-])cc3)CC2)ccc1OC. The molecule has 9 heteroatoms. The molecule has 154 valence electrons. The number of rotatable bonds is 6. The first-order chi connectivity index (χ1) is 14.0. The number of nitro groups is 1. The Morgan fingerprint density at radius 3 is 2.38 bits per heavy atom. The molecule has 0 bridgehead atoms. The van der Waals surface area contributed by atoms with Gasteiger partial charge in [-0.25, -0.2) is 4.79 Å². The molecule has 1 saturated heterocycles. The van der Waals surface area contributed by atoms with E-state index in [1.165, 1.54) is 26.3 Å². The van der Waals surface area contributed by atoms with E-state index in [9.17, 15) is 14.9 Å².